The molecular formula is C24H23N5O. The summed E-state index contributed by atoms with van der Waals surface area (Å²) >= 11 is 0. The molecule has 6 heteroatoms. The number of anilines is 1. The molecule has 1 fully saturated rings. The van der Waals surface area contributed by atoms with Gasteiger partial charge in [0.25, 0.3) is 0 Å². The molecule has 4 aromatic rings. The standard InChI is InChI=1S/C24H23N5O/c30-23(27-19-11-14-28(17-19)20-7-2-1-3-8-20)15-18-16-29(24-25-12-6-13-26-24)22-10-5-4-9-21(18)22/h1-10,12-13,16,19H,11,14-15,17H2,(H,27,30). The predicted molar refractivity (Wildman–Crippen MR) is 118 cm³/mol. The first-order valence-electron chi connectivity index (χ1n) is 10.2. The molecule has 1 aliphatic rings. The maximum absolute atomic E-state index is 12.8. The molecular weight excluding hydrogens is 374 g/mol. The molecule has 1 saturated heterocycles. The van der Waals surface area contributed by atoms with Crippen molar-refractivity contribution in [3.05, 3.63) is 84.8 Å². The van der Waals surface area contributed by atoms with E-state index in [1.54, 1.807) is 18.5 Å². The molecule has 1 amide bonds. The summed E-state index contributed by atoms with van der Waals surface area (Å²) in [6.07, 6.45) is 6.72. The number of nitrogens with one attached hydrogen (secondary N) is 1. The van der Waals surface area contributed by atoms with Crippen LogP contribution in [0.25, 0.3) is 16.9 Å². The predicted octanol–water partition coefficient (Wildman–Crippen LogP) is 3.36. The highest BCUT2D eigenvalue weighted by Gasteiger charge is 2.24. The van der Waals surface area contributed by atoms with Gasteiger partial charge in [-0.3, -0.25) is 9.36 Å². The molecule has 0 saturated carbocycles. The SMILES string of the molecule is O=C(Cc1cn(-c2ncccn2)c2ccccc12)NC1CCN(c2ccccc2)C1. The lowest BCUT2D eigenvalue weighted by Gasteiger charge is -2.19. The number of carbonyl (C=O) groups excluding carboxylic acids is 1. The smallest absolute Gasteiger partial charge is 0.234 e. The van der Waals surface area contributed by atoms with Crippen molar-refractivity contribution in [2.45, 2.75) is 18.9 Å². The Kier molecular flexibility index (Phi) is 4.89. The van der Waals surface area contributed by atoms with Crippen molar-refractivity contribution in [2.24, 2.45) is 0 Å². The van der Waals surface area contributed by atoms with Gasteiger partial charge in [-0.2, -0.15) is 0 Å². The average Bonchev–Trinajstić information content (AvgIpc) is 3.40. The fourth-order valence-corrected chi connectivity index (χ4v) is 4.18. The molecule has 0 bridgehead atoms. The van der Waals surface area contributed by atoms with Gasteiger partial charge in [0.05, 0.1) is 11.9 Å². The summed E-state index contributed by atoms with van der Waals surface area (Å²) in [7, 11) is 0. The number of hydrogen-bond acceptors (Lipinski definition) is 4. The highest BCUT2D eigenvalue weighted by atomic mass is 16.1. The quantitative estimate of drug-likeness (QED) is 0.561. The Hall–Kier alpha value is -3.67. The van der Waals surface area contributed by atoms with Gasteiger partial charge in [0, 0.05) is 48.8 Å². The van der Waals surface area contributed by atoms with Crippen LogP contribution >= 0.6 is 0 Å². The number of nitrogens with zero attached hydrogens (tertiary/aromatic N) is 4. The van der Waals surface area contributed by atoms with E-state index in [0.717, 1.165) is 36.0 Å². The third-order valence-electron chi connectivity index (χ3n) is 5.59. The van der Waals surface area contributed by atoms with Crippen LogP contribution in [0.2, 0.25) is 0 Å². The van der Waals surface area contributed by atoms with Crippen LogP contribution < -0.4 is 10.2 Å². The third kappa shape index (κ3) is 3.64. The molecule has 1 atom stereocenters. The number of aromatic nitrogens is 3. The Morgan fingerprint density at radius 2 is 1.77 bits per heavy atom. The molecule has 2 aromatic carbocycles. The lowest BCUT2D eigenvalue weighted by Crippen LogP contribution is -2.37. The number of benzene rings is 2. The second-order valence-corrected chi connectivity index (χ2v) is 7.60. The Morgan fingerprint density at radius 3 is 2.60 bits per heavy atom. The van der Waals surface area contributed by atoms with Gasteiger partial charge >= 0.3 is 0 Å². The molecule has 2 aromatic heterocycles. The van der Waals surface area contributed by atoms with Crippen molar-refractivity contribution in [2.75, 3.05) is 18.0 Å². The van der Waals surface area contributed by atoms with Crippen LogP contribution in [0.5, 0.6) is 0 Å². The van der Waals surface area contributed by atoms with Crippen LogP contribution in [0.1, 0.15) is 12.0 Å². The molecule has 3 heterocycles. The molecule has 30 heavy (non-hydrogen) atoms. The number of rotatable bonds is 5. The summed E-state index contributed by atoms with van der Waals surface area (Å²) in [5.41, 5.74) is 3.19. The van der Waals surface area contributed by atoms with Crippen molar-refractivity contribution in [3.63, 3.8) is 0 Å². The molecule has 1 aliphatic heterocycles. The van der Waals surface area contributed by atoms with E-state index in [1.807, 2.05) is 53.2 Å². The van der Waals surface area contributed by atoms with Crippen molar-refractivity contribution in [3.8, 4) is 5.95 Å². The third-order valence-corrected chi connectivity index (χ3v) is 5.59. The maximum atomic E-state index is 12.8. The van der Waals surface area contributed by atoms with Gasteiger partial charge in [0.1, 0.15) is 0 Å². The van der Waals surface area contributed by atoms with Crippen LogP contribution in [-0.2, 0) is 11.2 Å². The molecule has 0 radical (unpaired) electrons. The Balaban J connectivity index is 1.31. The van der Waals surface area contributed by atoms with E-state index in [4.69, 9.17) is 0 Å². The normalized spacial score (nSPS) is 16.1. The number of para-hydroxylation sites is 2. The lowest BCUT2D eigenvalue weighted by molar-refractivity contribution is -0.121. The fraction of sp³-hybridized carbons (Fsp3) is 0.208. The van der Waals surface area contributed by atoms with E-state index in [1.165, 1.54) is 5.69 Å². The minimum atomic E-state index is 0.0480. The maximum Gasteiger partial charge on any atom is 0.234 e. The molecule has 150 valence electrons. The zero-order valence-electron chi connectivity index (χ0n) is 16.6. The first-order chi connectivity index (χ1) is 14.8. The summed E-state index contributed by atoms with van der Waals surface area (Å²) in [5.74, 6) is 0.654. The van der Waals surface area contributed by atoms with Gasteiger partial charge < -0.3 is 10.2 Å². The summed E-state index contributed by atoms with van der Waals surface area (Å²) < 4.78 is 1.95. The Bertz CT molecular complexity index is 1160. The number of carbonyl (C=O) groups is 1. The second kappa shape index (κ2) is 7.99. The first-order valence-corrected chi connectivity index (χ1v) is 10.2. The van der Waals surface area contributed by atoms with Gasteiger partial charge in [0.2, 0.25) is 11.9 Å². The van der Waals surface area contributed by atoms with Crippen LogP contribution in [0.15, 0.2) is 79.3 Å². The molecule has 0 spiro atoms. The molecule has 1 unspecified atom stereocenters. The van der Waals surface area contributed by atoms with Crippen molar-refractivity contribution in [1.82, 2.24) is 19.9 Å². The highest BCUT2D eigenvalue weighted by Crippen LogP contribution is 2.24. The zero-order valence-corrected chi connectivity index (χ0v) is 16.6. The summed E-state index contributed by atoms with van der Waals surface area (Å²) in [6, 6.07) is 20.4. The largest absolute Gasteiger partial charge is 0.369 e. The van der Waals surface area contributed by atoms with Crippen LogP contribution in [-0.4, -0.2) is 39.6 Å². The van der Waals surface area contributed by atoms with E-state index in [9.17, 15) is 4.79 Å². The minimum absolute atomic E-state index is 0.0480. The van der Waals surface area contributed by atoms with E-state index in [0.29, 0.717) is 12.4 Å². The van der Waals surface area contributed by atoms with Crippen molar-refractivity contribution < 1.29 is 4.79 Å². The van der Waals surface area contributed by atoms with Crippen LogP contribution in [0, 0.1) is 0 Å². The fourth-order valence-electron chi connectivity index (χ4n) is 4.18. The highest BCUT2D eigenvalue weighted by molar-refractivity contribution is 5.90. The van der Waals surface area contributed by atoms with Crippen molar-refractivity contribution in [1.29, 1.82) is 0 Å². The Labute approximate surface area is 175 Å². The zero-order chi connectivity index (χ0) is 20.3. The first kappa shape index (κ1) is 18.4. The summed E-state index contributed by atoms with van der Waals surface area (Å²) in [6.45, 7) is 1.80. The van der Waals surface area contributed by atoms with E-state index < -0.39 is 0 Å². The van der Waals surface area contributed by atoms with Gasteiger partial charge in [0.15, 0.2) is 0 Å². The topological polar surface area (TPSA) is 63.1 Å². The van der Waals surface area contributed by atoms with Crippen LogP contribution in [0.4, 0.5) is 5.69 Å². The molecule has 5 rings (SSSR count). The monoisotopic (exact) mass is 397 g/mol. The van der Waals surface area contributed by atoms with Gasteiger partial charge in [-0.1, -0.05) is 36.4 Å². The van der Waals surface area contributed by atoms with Gasteiger partial charge in [-0.25, -0.2) is 9.97 Å². The molecule has 6 nitrogen and oxygen atoms in total. The molecule has 1 N–H and O–H groups in total. The number of fused-ring (bicyclic) bond motifs is 1. The number of amides is 1. The van der Waals surface area contributed by atoms with E-state index in [2.05, 4.69) is 32.3 Å². The second-order valence-electron chi connectivity index (χ2n) is 7.60. The summed E-state index contributed by atoms with van der Waals surface area (Å²) in [4.78, 5) is 23.9. The van der Waals surface area contributed by atoms with Gasteiger partial charge in [-0.15, -0.1) is 0 Å². The van der Waals surface area contributed by atoms with E-state index >= 15 is 0 Å². The summed E-state index contributed by atoms with van der Waals surface area (Å²) in [5, 5.41) is 4.27. The minimum Gasteiger partial charge on any atom is -0.369 e. The number of hydrogen-bond donors (Lipinski definition) is 1. The van der Waals surface area contributed by atoms with Crippen molar-refractivity contribution >= 4 is 22.5 Å². The average molecular weight is 397 g/mol. The molecule has 0 aliphatic carbocycles. The Morgan fingerprint density at radius 1 is 1.00 bits per heavy atom. The van der Waals surface area contributed by atoms with E-state index in [-0.39, 0.29) is 11.9 Å². The van der Waals surface area contributed by atoms with Crippen LogP contribution in [0.3, 0.4) is 0 Å². The lowest BCUT2D eigenvalue weighted by atomic mass is 10.1. The van der Waals surface area contributed by atoms with Gasteiger partial charge in [-0.05, 0) is 36.2 Å².